The van der Waals surface area contributed by atoms with E-state index < -0.39 is 22.2 Å². The molecule has 2 aromatic rings. The fourth-order valence-corrected chi connectivity index (χ4v) is 2.94. The van der Waals surface area contributed by atoms with Crippen LogP contribution in [0.5, 0.6) is 0 Å². The third kappa shape index (κ3) is 2.11. The van der Waals surface area contributed by atoms with Crippen molar-refractivity contribution in [2.75, 3.05) is 11.9 Å². The van der Waals surface area contributed by atoms with E-state index in [9.17, 15) is 19.7 Å². The topological polar surface area (TPSA) is 80.5 Å². The van der Waals surface area contributed by atoms with Gasteiger partial charge >= 0.3 is 11.4 Å². The minimum absolute atomic E-state index is 0.197. The number of rotatable bonds is 3. The molecule has 1 aliphatic rings. The Labute approximate surface area is 132 Å². The molecule has 0 saturated carbocycles. The fraction of sp³-hybridized carbons (Fsp3) is 0.176. The van der Waals surface area contributed by atoms with Crippen LogP contribution < -0.4 is 4.90 Å². The van der Waals surface area contributed by atoms with Gasteiger partial charge in [0, 0.05) is 17.5 Å². The average molecular weight is 310 g/mol. The fourth-order valence-electron chi connectivity index (χ4n) is 2.94. The number of carbonyl (C=O) groups is 2. The molecule has 6 nitrogen and oxygen atoms in total. The van der Waals surface area contributed by atoms with Crippen molar-refractivity contribution in [2.45, 2.75) is 12.0 Å². The number of hydrogen-bond acceptors (Lipinski definition) is 4. The first-order chi connectivity index (χ1) is 11.0. The van der Waals surface area contributed by atoms with Crippen LogP contribution in [0.15, 0.2) is 54.6 Å². The zero-order chi connectivity index (χ0) is 16.6. The number of para-hydroxylation sites is 1. The predicted octanol–water partition coefficient (Wildman–Crippen LogP) is 2.10. The predicted molar refractivity (Wildman–Crippen MR) is 84.1 cm³/mol. The molecule has 0 radical (unpaired) electrons. The molecule has 0 aliphatic carbocycles. The van der Waals surface area contributed by atoms with E-state index in [1.165, 1.54) is 18.0 Å². The van der Waals surface area contributed by atoms with Gasteiger partial charge in [-0.3, -0.25) is 19.7 Å². The Kier molecular flexibility index (Phi) is 3.44. The lowest BCUT2D eigenvalue weighted by atomic mass is 9.79. The lowest BCUT2D eigenvalue weighted by Crippen LogP contribution is -2.63. The van der Waals surface area contributed by atoms with E-state index in [1.807, 2.05) is 0 Å². The summed E-state index contributed by atoms with van der Waals surface area (Å²) in [7, 11) is 1.46. The van der Waals surface area contributed by atoms with Crippen LogP contribution in [-0.4, -0.2) is 29.2 Å². The molecule has 3 rings (SSSR count). The van der Waals surface area contributed by atoms with Crippen LogP contribution in [0.1, 0.15) is 15.9 Å². The zero-order valence-corrected chi connectivity index (χ0v) is 12.4. The second-order valence-corrected chi connectivity index (χ2v) is 5.49. The Morgan fingerprint density at radius 3 is 2.30 bits per heavy atom. The molecular weight excluding hydrogens is 296 g/mol. The van der Waals surface area contributed by atoms with Crippen molar-refractivity contribution in [1.82, 2.24) is 0 Å². The van der Waals surface area contributed by atoms with Gasteiger partial charge in [0.15, 0.2) is 0 Å². The number of fused-ring (bicyclic) bond motifs is 1. The van der Waals surface area contributed by atoms with E-state index in [0.29, 0.717) is 11.3 Å². The number of ketones is 1. The smallest absolute Gasteiger partial charge is 0.308 e. The van der Waals surface area contributed by atoms with Gasteiger partial charge in [0.25, 0.3) is 5.78 Å². The summed E-state index contributed by atoms with van der Waals surface area (Å²) in [4.78, 5) is 37.8. The van der Waals surface area contributed by atoms with Crippen LogP contribution in [0.4, 0.5) is 5.69 Å². The molecule has 0 aromatic heterocycles. The van der Waals surface area contributed by atoms with Crippen molar-refractivity contribution in [3.8, 4) is 0 Å². The SMILES string of the molecule is CN1C(=O)[C@](Cc2ccccc2)([N+](=O)[O-])C(=O)c2ccccc21. The second kappa shape index (κ2) is 5.31. The van der Waals surface area contributed by atoms with Gasteiger partial charge in [0.05, 0.1) is 12.1 Å². The van der Waals surface area contributed by atoms with Crippen LogP contribution in [0, 0.1) is 10.1 Å². The first kappa shape index (κ1) is 14.9. The molecule has 0 spiro atoms. The van der Waals surface area contributed by atoms with Crippen LogP contribution >= 0.6 is 0 Å². The molecule has 23 heavy (non-hydrogen) atoms. The van der Waals surface area contributed by atoms with Gasteiger partial charge < -0.3 is 4.90 Å². The van der Waals surface area contributed by atoms with E-state index in [-0.39, 0.29) is 12.0 Å². The van der Waals surface area contributed by atoms with Gasteiger partial charge in [-0.2, -0.15) is 0 Å². The molecule has 1 atom stereocenters. The highest BCUT2D eigenvalue weighted by Crippen LogP contribution is 2.35. The van der Waals surface area contributed by atoms with E-state index in [0.717, 1.165) is 0 Å². The van der Waals surface area contributed by atoms with E-state index in [2.05, 4.69) is 0 Å². The molecule has 6 heteroatoms. The lowest BCUT2D eigenvalue weighted by molar-refractivity contribution is -0.532. The van der Waals surface area contributed by atoms with Crippen molar-refractivity contribution in [3.63, 3.8) is 0 Å². The summed E-state index contributed by atoms with van der Waals surface area (Å²) in [5, 5.41) is 11.8. The Morgan fingerprint density at radius 1 is 1.04 bits per heavy atom. The minimum atomic E-state index is -2.32. The van der Waals surface area contributed by atoms with E-state index in [4.69, 9.17) is 0 Å². The van der Waals surface area contributed by atoms with Crippen LogP contribution in [-0.2, 0) is 11.2 Å². The van der Waals surface area contributed by atoms with E-state index >= 15 is 0 Å². The standard InChI is InChI=1S/C17H14N2O4/c1-18-14-10-6-5-9-13(14)15(20)17(16(18)21,19(22)23)11-12-7-3-2-4-8-12/h2-10H,11H2,1H3/t17-/m1/s1. The van der Waals surface area contributed by atoms with Crippen molar-refractivity contribution < 1.29 is 14.5 Å². The zero-order valence-electron chi connectivity index (χ0n) is 12.4. The summed E-state index contributed by atoms with van der Waals surface area (Å²) in [5.41, 5.74) is -1.15. The van der Waals surface area contributed by atoms with Gasteiger partial charge in [0.2, 0.25) is 0 Å². The van der Waals surface area contributed by atoms with Gasteiger partial charge in [-0.25, -0.2) is 0 Å². The Balaban J connectivity index is 2.19. The maximum atomic E-state index is 12.9. The van der Waals surface area contributed by atoms with Crippen molar-refractivity contribution in [1.29, 1.82) is 0 Å². The van der Waals surface area contributed by atoms with Crippen LogP contribution in [0.3, 0.4) is 0 Å². The molecule has 1 aliphatic heterocycles. The molecular formula is C17H14N2O4. The Hall–Kier alpha value is -3.02. The highest BCUT2D eigenvalue weighted by atomic mass is 16.6. The number of anilines is 1. The first-order valence-electron chi connectivity index (χ1n) is 7.09. The second-order valence-electron chi connectivity index (χ2n) is 5.49. The highest BCUT2D eigenvalue weighted by molar-refractivity contribution is 6.27. The summed E-state index contributed by atoms with van der Waals surface area (Å²) in [5.74, 6) is -1.57. The first-order valence-corrected chi connectivity index (χ1v) is 7.09. The lowest BCUT2D eigenvalue weighted by Gasteiger charge is -2.33. The molecule has 1 amide bonds. The van der Waals surface area contributed by atoms with Crippen molar-refractivity contribution in [2.24, 2.45) is 0 Å². The maximum absolute atomic E-state index is 12.9. The highest BCUT2D eigenvalue weighted by Gasteiger charge is 2.62. The molecule has 0 unspecified atom stereocenters. The van der Waals surface area contributed by atoms with Crippen molar-refractivity contribution in [3.05, 3.63) is 75.8 Å². The molecule has 116 valence electrons. The average Bonchev–Trinajstić information content (AvgIpc) is 2.57. The number of likely N-dealkylation sites (N-methyl/N-ethyl adjacent to an activating group) is 1. The number of nitro groups is 1. The summed E-state index contributed by atoms with van der Waals surface area (Å²) >= 11 is 0. The summed E-state index contributed by atoms with van der Waals surface area (Å²) in [6, 6.07) is 15.0. The number of nitrogens with zero attached hydrogens (tertiary/aromatic N) is 2. The van der Waals surface area contributed by atoms with Crippen molar-refractivity contribution >= 4 is 17.4 Å². The third-order valence-electron chi connectivity index (χ3n) is 4.16. The Morgan fingerprint density at radius 2 is 1.65 bits per heavy atom. The largest absolute Gasteiger partial charge is 0.364 e. The number of amides is 1. The van der Waals surface area contributed by atoms with Gasteiger partial charge in [-0.05, 0) is 17.7 Å². The molecule has 0 fully saturated rings. The molecule has 1 heterocycles. The molecule has 0 N–H and O–H groups in total. The number of Topliss-reactive ketones (excluding diaryl/α,β-unsaturated/α-hetero) is 1. The van der Waals surface area contributed by atoms with Gasteiger partial charge in [0.1, 0.15) is 0 Å². The summed E-state index contributed by atoms with van der Waals surface area (Å²) < 4.78 is 0. The number of benzene rings is 2. The Bertz CT molecular complexity index is 803. The normalized spacial score (nSPS) is 20.3. The molecule has 0 bridgehead atoms. The van der Waals surface area contributed by atoms with Gasteiger partial charge in [-0.1, -0.05) is 42.5 Å². The van der Waals surface area contributed by atoms with Crippen LogP contribution in [0.2, 0.25) is 0 Å². The van der Waals surface area contributed by atoms with E-state index in [1.54, 1.807) is 48.5 Å². The summed E-state index contributed by atoms with van der Waals surface area (Å²) in [6.45, 7) is 0. The quantitative estimate of drug-likeness (QED) is 0.494. The monoisotopic (exact) mass is 310 g/mol. The minimum Gasteiger partial charge on any atom is -0.308 e. The van der Waals surface area contributed by atoms with Gasteiger partial charge in [-0.15, -0.1) is 0 Å². The number of carbonyl (C=O) groups excluding carboxylic acids is 2. The molecule has 2 aromatic carbocycles. The maximum Gasteiger partial charge on any atom is 0.364 e. The molecule has 0 saturated heterocycles. The number of hydrogen-bond donors (Lipinski definition) is 0. The van der Waals surface area contributed by atoms with Crippen LogP contribution in [0.25, 0.3) is 0 Å². The third-order valence-corrected chi connectivity index (χ3v) is 4.16. The summed E-state index contributed by atoms with van der Waals surface area (Å²) in [6.07, 6.45) is -0.267.